The van der Waals surface area contributed by atoms with Gasteiger partial charge in [-0.05, 0) is 19.8 Å². The van der Waals surface area contributed by atoms with Gasteiger partial charge in [0.2, 0.25) is 0 Å². The molecule has 94 valence electrons. The highest BCUT2D eigenvalue weighted by Crippen LogP contribution is 2.41. The minimum atomic E-state index is -1.06. The van der Waals surface area contributed by atoms with Gasteiger partial charge in [0.25, 0.3) is 0 Å². The zero-order valence-electron chi connectivity index (χ0n) is 10.3. The molecule has 2 atom stereocenters. The first-order chi connectivity index (χ1) is 8.17. The van der Waals surface area contributed by atoms with E-state index in [-0.39, 0.29) is 17.7 Å². The van der Waals surface area contributed by atoms with Gasteiger partial charge >= 0.3 is 5.97 Å². The van der Waals surface area contributed by atoms with Crippen LogP contribution in [0.5, 0.6) is 0 Å². The van der Waals surface area contributed by atoms with Gasteiger partial charge in [0.05, 0.1) is 6.61 Å². The van der Waals surface area contributed by atoms with Crippen LogP contribution < -0.4 is 0 Å². The molecule has 2 saturated heterocycles. The second-order valence-corrected chi connectivity index (χ2v) is 4.63. The minimum absolute atomic E-state index is 0.00426. The Kier molecular flexibility index (Phi) is 3.33. The molecule has 17 heavy (non-hydrogen) atoms. The van der Waals surface area contributed by atoms with Crippen LogP contribution in [0.1, 0.15) is 26.2 Å². The Morgan fingerprint density at radius 2 is 2.41 bits per heavy atom. The molecule has 0 radical (unpaired) electrons. The predicted molar refractivity (Wildman–Crippen MR) is 63.5 cm³/mol. The Bertz CT molecular complexity index is 353. The van der Waals surface area contributed by atoms with Gasteiger partial charge in [-0.25, -0.2) is 4.79 Å². The summed E-state index contributed by atoms with van der Waals surface area (Å²) in [6.45, 7) is 7.43. The molecule has 0 amide bonds. The summed E-state index contributed by atoms with van der Waals surface area (Å²) < 4.78 is 5.14. The van der Waals surface area contributed by atoms with Crippen molar-refractivity contribution in [1.29, 1.82) is 0 Å². The molecule has 0 spiro atoms. The van der Waals surface area contributed by atoms with Gasteiger partial charge in [0, 0.05) is 25.4 Å². The monoisotopic (exact) mass is 237 g/mol. The summed E-state index contributed by atoms with van der Waals surface area (Å²) in [6, 6.07) is 0. The largest absolute Gasteiger partial charge is 0.464 e. The number of carbonyl (C=O) groups excluding carboxylic acids is 2. The van der Waals surface area contributed by atoms with Crippen LogP contribution in [0.15, 0.2) is 12.7 Å². The average Bonchev–Trinajstić information content (AvgIpc) is 2.70. The van der Waals surface area contributed by atoms with Crippen LogP contribution >= 0.6 is 0 Å². The van der Waals surface area contributed by atoms with Gasteiger partial charge in [-0.3, -0.25) is 9.69 Å². The van der Waals surface area contributed by atoms with E-state index in [0.29, 0.717) is 13.0 Å². The maximum Gasteiger partial charge on any atom is 0.334 e. The topological polar surface area (TPSA) is 46.6 Å². The molecule has 2 rings (SSSR count). The summed E-state index contributed by atoms with van der Waals surface area (Å²) in [5, 5.41) is 0. The van der Waals surface area contributed by atoms with Crippen LogP contribution in [0.2, 0.25) is 0 Å². The van der Waals surface area contributed by atoms with Crippen molar-refractivity contribution in [2.45, 2.75) is 31.7 Å². The summed E-state index contributed by atoms with van der Waals surface area (Å²) in [5.74, 6) is -0.481. The number of carbonyl (C=O) groups is 2. The summed E-state index contributed by atoms with van der Waals surface area (Å²) in [6.07, 6.45) is 3.86. The second-order valence-electron chi connectivity index (χ2n) is 4.63. The van der Waals surface area contributed by atoms with Crippen molar-refractivity contribution in [2.75, 3.05) is 19.7 Å². The van der Waals surface area contributed by atoms with E-state index in [4.69, 9.17) is 4.74 Å². The lowest BCUT2D eigenvalue weighted by Crippen LogP contribution is -2.62. The highest BCUT2D eigenvalue weighted by atomic mass is 16.5. The van der Waals surface area contributed by atoms with Crippen molar-refractivity contribution in [3.05, 3.63) is 12.7 Å². The Labute approximate surface area is 102 Å². The second kappa shape index (κ2) is 4.61. The zero-order valence-corrected chi connectivity index (χ0v) is 10.3. The molecule has 2 fully saturated rings. The Morgan fingerprint density at radius 3 is 3.06 bits per heavy atom. The maximum atomic E-state index is 12.3. The molecule has 0 aromatic carbocycles. The molecule has 0 bridgehead atoms. The highest BCUT2D eigenvalue weighted by Gasteiger charge is 2.60. The predicted octanol–water partition coefficient (Wildman–Crippen LogP) is 1.16. The third-order valence-electron chi connectivity index (χ3n) is 3.87. The van der Waals surface area contributed by atoms with Gasteiger partial charge in [0.15, 0.2) is 11.3 Å². The zero-order chi connectivity index (χ0) is 12.5. The van der Waals surface area contributed by atoms with E-state index in [1.54, 1.807) is 13.0 Å². The van der Waals surface area contributed by atoms with E-state index in [9.17, 15) is 9.59 Å². The number of piperidine rings is 1. The number of hydrogen-bond donors (Lipinski definition) is 0. The van der Waals surface area contributed by atoms with E-state index >= 15 is 0 Å². The van der Waals surface area contributed by atoms with E-state index in [0.717, 1.165) is 25.9 Å². The number of fused-ring (bicyclic) bond motifs is 1. The molecule has 0 aromatic rings. The lowest BCUT2D eigenvalue weighted by Gasteiger charge is -2.40. The van der Waals surface area contributed by atoms with Crippen molar-refractivity contribution in [3.8, 4) is 0 Å². The molecule has 2 aliphatic rings. The standard InChI is InChI=1S/C13H19NO3/c1-3-10-7-9-14-8-5-6-11(15)13(10,14)12(16)17-4-2/h3,10H,1,4-9H2,2H3/t10-,13?/m0/s1. The molecule has 4 heteroatoms. The fourth-order valence-electron chi connectivity index (χ4n) is 3.13. The van der Waals surface area contributed by atoms with Crippen LogP contribution in [0.4, 0.5) is 0 Å². The fraction of sp³-hybridized carbons (Fsp3) is 0.692. The van der Waals surface area contributed by atoms with Crippen molar-refractivity contribution < 1.29 is 14.3 Å². The molecule has 4 nitrogen and oxygen atoms in total. The molecule has 0 saturated carbocycles. The molecule has 0 aromatic heterocycles. The Hall–Kier alpha value is -1.16. The molecular weight excluding hydrogens is 218 g/mol. The van der Waals surface area contributed by atoms with Crippen LogP contribution in [-0.2, 0) is 14.3 Å². The van der Waals surface area contributed by atoms with Gasteiger partial charge in [-0.15, -0.1) is 6.58 Å². The Balaban J connectivity index is 2.41. The van der Waals surface area contributed by atoms with Crippen molar-refractivity contribution >= 4 is 11.8 Å². The van der Waals surface area contributed by atoms with E-state index in [1.165, 1.54) is 0 Å². The first-order valence-corrected chi connectivity index (χ1v) is 6.26. The van der Waals surface area contributed by atoms with Gasteiger partial charge in [-0.1, -0.05) is 6.08 Å². The summed E-state index contributed by atoms with van der Waals surface area (Å²) in [7, 11) is 0. The number of hydrogen-bond acceptors (Lipinski definition) is 4. The molecule has 2 aliphatic heterocycles. The SMILES string of the molecule is C=C[C@H]1CCN2CCCC(=O)C12C(=O)OCC. The lowest BCUT2D eigenvalue weighted by molar-refractivity contribution is -0.165. The normalized spacial score (nSPS) is 33.2. The molecule has 1 unspecified atom stereocenters. The van der Waals surface area contributed by atoms with E-state index < -0.39 is 5.54 Å². The first-order valence-electron chi connectivity index (χ1n) is 6.26. The third kappa shape index (κ3) is 1.62. The van der Waals surface area contributed by atoms with Gasteiger partial charge in [-0.2, -0.15) is 0 Å². The highest BCUT2D eigenvalue weighted by molar-refractivity contribution is 6.10. The molecule has 2 heterocycles. The maximum absolute atomic E-state index is 12.3. The molecule has 0 N–H and O–H groups in total. The number of esters is 1. The number of ketones is 1. The van der Waals surface area contributed by atoms with E-state index in [1.807, 2.05) is 4.90 Å². The minimum Gasteiger partial charge on any atom is -0.464 e. The quantitative estimate of drug-likeness (QED) is 0.420. The van der Waals surface area contributed by atoms with E-state index in [2.05, 4.69) is 6.58 Å². The van der Waals surface area contributed by atoms with Gasteiger partial charge < -0.3 is 4.74 Å². The summed E-state index contributed by atoms with van der Waals surface area (Å²) in [4.78, 5) is 26.5. The van der Waals surface area contributed by atoms with Crippen LogP contribution in [0, 0.1) is 5.92 Å². The van der Waals surface area contributed by atoms with Crippen molar-refractivity contribution in [2.24, 2.45) is 5.92 Å². The Morgan fingerprint density at radius 1 is 1.65 bits per heavy atom. The van der Waals surface area contributed by atoms with Crippen molar-refractivity contribution in [1.82, 2.24) is 4.90 Å². The first kappa shape index (κ1) is 12.3. The van der Waals surface area contributed by atoms with Crippen molar-refractivity contribution in [3.63, 3.8) is 0 Å². The smallest absolute Gasteiger partial charge is 0.334 e. The third-order valence-corrected chi connectivity index (χ3v) is 3.87. The van der Waals surface area contributed by atoms with Gasteiger partial charge in [0.1, 0.15) is 0 Å². The van der Waals surface area contributed by atoms with Crippen LogP contribution in [-0.4, -0.2) is 41.9 Å². The molecule has 0 aliphatic carbocycles. The number of Topliss-reactive ketones (excluding diaryl/α,β-unsaturated/α-hetero) is 1. The van der Waals surface area contributed by atoms with Crippen LogP contribution in [0.3, 0.4) is 0 Å². The number of ether oxygens (including phenoxy) is 1. The number of rotatable bonds is 3. The summed E-state index contributed by atoms with van der Waals surface area (Å²) in [5.41, 5.74) is -1.06. The lowest BCUT2D eigenvalue weighted by atomic mass is 9.77. The number of nitrogens with zero attached hydrogens (tertiary/aromatic N) is 1. The van der Waals surface area contributed by atoms with Crippen LogP contribution in [0.25, 0.3) is 0 Å². The summed E-state index contributed by atoms with van der Waals surface area (Å²) >= 11 is 0. The molecular formula is C13H19NO3. The average molecular weight is 237 g/mol. The fourth-order valence-corrected chi connectivity index (χ4v) is 3.13.